The molecule has 0 saturated heterocycles. The van der Waals surface area contributed by atoms with Gasteiger partial charge in [-0.15, -0.1) is 0 Å². The van der Waals surface area contributed by atoms with Gasteiger partial charge in [-0.3, -0.25) is 4.79 Å². The molecule has 0 radical (unpaired) electrons. The van der Waals surface area contributed by atoms with Crippen molar-refractivity contribution in [2.24, 2.45) is 5.73 Å². The van der Waals surface area contributed by atoms with Gasteiger partial charge in [0.2, 0.25) is 5.91 Å². The van der Waals surface area contributed by atoms with Crippen LogP contribution in [0.5, 0.6) is 0 Å². The van der Waals surface area contributed by atoms with E-state index < -0.39 is 5.54 Å². The highest BCUT2D eigenvalue weighted by atomic mass is 16.5. The van der Waals surface area contributed by atoms with Crippen molar-refractivity contribution in [3.63, 3.8) is 0 Å². The van der Waals surface area contributed by atoms with E-state index in [0.717, 1.165) is 25.8 Å². The lowest BCUT2D eigenvalue weighted by Crippen LogP contribution is -2.58. The minimum Gasteiger partial charge on any atom is -0.379 e. The van der Waals surface area contributed by atoms with Crippen LogP contribution in [0.15, 0.2) is 0 Å². The van der Waals surface area contributed by atoms with E-state index in [0.29, 0.717) is 26.2 Å². The Balaban J connectivity index is 2.45. The molecule has 0 spiro atoms. The lowest BCUT2D eigenvalue weighted by Gasteiger charge is -2.39. The number of primary amides is 1. The number of amides is 1. The predicted molar refractivity (Wildman–Crippen MR) is 70.3 cm³/mol. The second-order valence-electron chi connectivity index (χ2n) is 4.76. The summed E-state index contributed by atoms with van der Waals surface area (Å²) < 4.78 is 11.0. The van der Waals surface area contributed by atoms with Crippen LogP contribution in [0.4, 0.5) is 0 Å². The molecule has 1 saturated carbocycles. The smallest absolute Gasteiger partial charge is 0.237 e. The molecule has 1 aliphatic carbocycles. The highest BCUT2D eigenvalue weighted by molar-refractivity contribution is 5.84. The van der Waals surface area contributed by atoms with Gasteiger partial charge >= 0.3 is 0 Å². The Labute approximate surface area is 109 Å². The molecule has 2 unspecified atom stereocenters. The summed E-state index contributed by atoms with van der Waals surface area (Å²) in [5.74, 6) is -0.262. The Bertz CT molecular complexity index is 257. The first kappa shape index (κ1) is 15.4. The maximum absolute atomic E-state index is 11.7. The van der Waals surface area contributed by atoms with Gasteiger partial charge in [-0.05, 0) is 32.7 Å². The number of hydrogen-bond donors (Lipinski definition) is 2. The van der Waals surface area contributed by atoms with Gasteiger partial charge in [-0.25, -0.2) is 0 Å². The molecular weight excluding hydrogens is 232 g/mol. The summed E-state index contributed by atoms with van der Waals surface area (Å²) in [6.07, 6.45) is 3.54. The van der Waals surface area contributed by atoms with E-state index in [9.17, 15) is 4.79 Å². The molecule has 3 N–H and O–H groups in total. The van der Waals surface area contributed by atoms with Crippen molar-refractivity contribution in [2.75, 3.05) is 26.4 Å². The zero-order chi connectivity index (χ0) is 13.4. The monoisotopic (exact) mass is 258 g/mol. The Morgan fingerprint density at radius 2 is 2.22 bits per heavy atom. The van der Waals surface area contributed by atoms with Gasteiger partial charge in [0.1, 0.15) is 5.54 Å². The first-order valence-corrected chi connectivity index (χ1v) is 6.89. The van der Waals surface area contributed by atoms with Crippen LogP contribution in [0.1, 0.15) is 39.5 Å². The SMILES string of the molecule is CCNC1(C(N)=O)CCCC(OCCOCC)C1. The number of hydrogen-bond acceptors (Lipinski definition) is 4. The molecule has 0 aromatic heterocycles. The molecular formula is C13H26N2O3. The van der Waals surface area contributed by atoms with Crippen LogP contribution in [-0.4, -0.2) is 43.9 Å². The number of nitrogens with two attached hydrogens (primary N) is 1. The van der Waals surface area contributed by atoms with E-state index in [4.69, 9.17) is 15.2 Å². The Kier molecular flexibility index (Phi) is 6.60. The van der Waals surface area contributed by atoms with Crippen molar-refractivity contribution in [3.8, 4) is 0 Å². The van der Waals surface area contributed by atoms with Crippen LogP contribution in [0.3, 0.4) is 0 Å². The molecule has 0 aromatic rings. The molecule has 0 bridgehead atoms. The van der Waals surface area contributed by atoms with Crippen molar-refractivity contribution < 1.29 is 14.3 Å². The normalized spacial score (nSPS) is 28.2. The van der Waals surface area contributed by atoms with Gasteiger partial charge in [0.15, 0.2) is 0 Å². The molecule has 1 fully saturated rings. The number of carbonyl (C=O) groups is 1. The van der Waals surface area contributed by atoms with Gasteiger partial charge in [0, 0.05) is 13.0 Å². The third kappa shape index (κ3) is 4.23. The van der Waals surface area contributed by atoms with Crippen LogP contribution in [0.2, 0.25) is 0 Å². The van der Waals surface area contributed by atoms with Gasteiger partial charge in [-0.2, -0.15) is 0 Å². The highest BCUT2D eigenvalue weighted by Crippen LogP contribution is 2.30. The number of likely N-dealkylation sites (N-methyl/N-ethyl adjacent to an activating group) is 1. The standard InChI is InChI=1S/C13H26N2O3/c1-3-15-13(12(14)16)7-5-6-11(10-13)18-9-8-17-4-2/h11,15H,3-10H2,1-2H3,(H2,14,16). The minimum absolute atomic E-state index is 0.103. The molecule has 0 aliphatic heterocycles. The fraction of sp³-hybridized carbons (Fsp3) is 0.923. The maximum Gasteiger partial charge on any atom is 0.237 e. The topological polar surface area (TPSA) is 73.6 Å². The maximum atomic E-state index is 11.7. The zero-order valence-electron chi connectivity index (χ0n) is 11.5. The summed E-state index contributed by atoms with van der Waals surface area (Å²) in [7, 11) is 0. The molecule has 1 aliphatic rings. The summed E-state index contributed by atoms with van der Waals surface area (Å²) in [4.78, 5) is 11.7. The third-order valence-corrected chi connectivity index (χ3v) is 3.48. The molecule has 18 heavy (non-hydrogen) atoms. The summed E-state index contributed by atoms with van der Waals surface area (Å²) in [5, 5.41) is 3.24. The van der Waals surface area contributed by atoms with E-state index in [1.54, 1.807) is 0 Å². The number of nitrogens with one attached hydrogen (secondary N) is 1. The summed E-state index contributed by atoms with van der Waals surface area (Å²) >= 11 is 0. The molecule has 1 amide bonds. The molecule has 5 nitrogen and oxygen atoms in total. The number of rotatable bonds is 8. The third-order valence-electron chi connectivity index (χ3n) is 3.48. The Morgan fingerprint density at radius 3 is 2.83 bits per heavy atom. The second-order valence-corrected chi connectivity index (χ2v) is 4.76. The molecule has 5 heteroatoms. The summed E-state index contributed by atoms with van der Waals surface area (Å²) in [5.41, 5.74) is 4.97. The van der Waals surface area contributed by atoms with Crippen molar-refractivity contribution in [1.29, 1.82) is 0 Å². The van der Waals surface area contributed by atoms with Crippen LogP contribution in [0, 0.1) is 0 Å². The summed E-state index contributed by atoms with van der Waals surface area (Å²) in [6.45, 7) is 6.59. The largest absolute Gasteiger partial charge is 0.379 e. The first-order chi connectivity index (χ1) is 8.64. The van der Waals surface area contributed by atoms with Crippen molar-refractivity contribution in [3.05, 3.63) is 0 Å². The van der Waals surface area contributed by atoms with Crippen molar-refractivity contribution >= 4 is 5.91 Å². The van der Waals surface area contributed by atoms with E-state index in [1.165, 1.54) is 0 Å². The van der Waals surface area contributed by atoms with Gasteiger partial charge in [0.25, 0.3) is 0 Å². The number of carbonyl (C=O) groups excluding carboxylic acids is 1. The molecule has 106 valence electrons. The average molecular weight is 258 g/mol. The molecule has 0 aromatic carbocycles. The first-order valence-electron chi connectivity index (χ1n) is 6.89. The lowest BCUT2D eigenvalue weighted by atomic mass is 9.79. The van der Waals surface area contributed by atoms with E-state index >= 15 is 0 Å². The van der Waals surface area contributed by atoms with Gasteiger partial charge in [-0.1, -0.05) is 6.92 Å². The second kappa shape index (κ2) is 7.71. The zero-order valence-corrected chi connectivity index (χ0v) is 11.5. The minimum atomic E-state index is -0.580. The Hall–Kier alpha value is -0.650. The molecule has 0 heterocycles. The highest BCUT2D eigenvalue weighted by Gasteiger charge is 2.40. The lowest BCUT2D eigenvalue weighted by molar-refractivity contribution is -0.128. The fourth-order valence-electron chi connectivity index (χ4n) is 2.59. The van der Waals surface area contributed by atoms with Crippen molar-refractivity contribution in [1.82, 2.24) is 5.32 Å². The van der Waals surface area contributed by atoms with Crippen molar-refractivity contribution in [2.45, 2.75) is 51.2 Å². The molecule has 2 atom stereocenters. The van der Waals surface area contributed by atoms with Crippen LogP contribution in [0.25, 0.3) is 0 Å². The van der Waals surface area contributed by atoms with Crippen LogP contribution < -0.4 is 11.1 Å². The fourth-order valence-corrected chi connectivity index (χ4v) is 2.59. The van der Waals surface area contributed by atoms with E-state index in [1.807, 2.05) is 13.8 Å². The summed E-state index contributed by atoms with van der Waals surface area (Å²) in [6, 6.07) is 0. The Morgan fingerprint density at radius 1 is 1.44 bits per heavy atom. The van der Waals surface area contributed by atoms with E-state index in [-0.39, 0.29) is 12.0 Å². The van der Waals surface area contributed by atoms with Gasteiger partial charge < -0.3 is 20.5 Å². The average Bonchev–Trinajstić information content (AvgIpc) is 2.35. The van der Waals surface area contributed by atoms with E-state index in [2.05, 4.69) is 5.32 Å². The van der Waals surface area contributed by atoms with Crippen LogP contribution in [-0.2, 0) is 14.3 Å². The predicted octanol–water partition coefficient (Wildman–Crippen LogP) is 0.816. The number of ether oxygens (including phenoxy) is 2. The quantitative estimate of drug-likeness (QED) is 0.632. The van der Waals surface area contributed by atoms with Gasteiger partial charge in [0.05, 0.1) is 19.3 Å². The molecule has 1 rings (SSSR count). The van der Waals surface area contributed by atoms with Crippen LogP contribution >= 0.6 is 0 Å².